The summed E-state index contributed by atoms with van der Waals surface area (Å²) in [6, 6.07) is 0.349. The predicted molar refractivity (Wildman–Crippen MR) is 64.6 cm³/mol. The molecule has 0 saturated carbocycles. The van der Waals surface area contributed by atoms with Gasteiger partial charge in [-0.25, -0.2) is 4.68 Å². The lowest BCUT2D eigenvalue weighted by Gasteiger charge is -2.11. The molecular formula is C12H24N2O. The van der Waals surface area contributed by atoms with E-state index in [-0.39, 0.29) is 0 Å². The van der Waals surface area contributed by atoms with E-state index in [9.17, 15) is 0 Å². The van der Waals surface area contributed by atoms with Crippen molar-refractivity contribution in [2.45, 2.75) is 53.5 Å². The van der Waals surface area contributed by atoms with Gasteiger partial charge >= 0.3 is 0 Å². The fourth-order valence-corrected chi connectivity index (χ4v) is 1.34. The second-order valence-electron chi connectivity index (χ2n) is 3.80. The third-order valence-electron chi connectivity index (χ3n) is 2.08. The molecule has 1 rings (SSSR count). The summed E-state index contributed by atoms with van der Waals surface area (Å²) in [5.74, 6) is 1.35. The van der Waals surface area contributed by atoms with E-state index >= 15 is 0 Å². The first-order valence-electron chi connectivity index (χ1n) is 5.69. The zero-order valence-electron chi connectivity index (χ0n) is 11.0. The van der Waals surface area contributed by atoms with Gasteiger partial charge in [-0.2, -0.15) is 5.10 Å². The Morgan fingerprint density at radius 3 is 2.07 bits per heavy atom. The van der Waals surface area contributed by atoms with Crippen LogP contribution in [0.25, 0.3) is 0 Å². The van der Waals surface area contributed by atoms with Crippen LogP contribution in [0, 0.1) is 0 Å². The smallest absolute Gasteiger partial charge is 0.215 e. The van der Waals surface area contributed by atoms with Gasteiger partial charge in [-0.1, -0.05) is 27.7 Å². The Bertz CT molecular complexity index is 252. The van der Waals surface area contributed by atoms with Crippen molar-refractivity contribution >= 4 is 0 Å². The van der Waals surface area contributed by atoms with E-state index < -0.39 is 0 Å². The van der Waals surface area contributed by atoms with Crippen LogP contribution in [0.4, 0.5) is 0 Å². The Morgan fingerprint density at radius 2 is 1.73 bits per heavy atom. The molecule has 0 bridgehead atoms. The van der Waals surface area contributed by atoms with Crippen molar-refractivity contribution in [1.29, 1.82) is 0 Å². The standard InChI is InChI=1S/C10H18N2O.C2H6/c1-7(2)9-6-11-12(8(3)4)10(9)13-5;1-2/h6-8H,1-5H3;1-2H3. The predicted octanol–water partition coefficient (Wildman–Crippen LogP) is 3.62. The molecule has 3 nitrogen and oxygen atoms in total. The average molecular weight is 212 g/mol. The Kier molecular flexibility index (Phi) is 6.06. The lowest BCUT2D eigenvalue weighted by molar-refractivity contribution is 0.340. The van der Waals surface area contributed by atoms with Gasteiger partial charge in [0.2, 0.25) is 5.88 Å². The summed E-state index contributed by atoms with van der Waals surface area (Å²) in [4.78, 5) is 0. The highest BCUT2D eigenvalue weighted by atomic mass is 16.5. The summed E-state index contributed by atoms with van der Waals surface area (Å²) in [7, 11) is 1.70. The number of ether oxygens (including phenoxy) is 1. The van der Waals surface area contributed by atoms with Gasteiger partial charge in [-0.15, -0.1) is 0 Å². The number of hydrogen-bond acceptors (Lipinski definition) is 2. The normalized spacial score (nSPS) is 10.2. The molecule has 1 aromatic rings. The van der Waals surface area contributed by atoms with Gasteiger partial charge in [-0.05, 0) is 19.8 Å². The van der Waals surface area contributed by atoms with Crippen LogP contribution < -0.4 is 4.74 Å². The van der Waals surface area contributed by atoms with Crippen LogP contribution in [0.5, 0.6) is 5.88 Å². The summed E-state index contributed by atoms with van der Waals surface area (Å²) in [6.45, 7) is 12.5. The van der Waals surface area contributed by atoms with Crippen molar-refractivity contribution in [1.82, 2.24) is 9.78 Å². The molecule has 0 spiro atoms. The molecule has 3 heteroatoms. The van der Waals surface area contributed by atoms with E-state index in [1.165, 1.54) is 5.56 Å². The van der Waals surface area contributed by atoms with Crippen LogP contribution in [0.3, 0.4) is 0 Å². The second-order valence-corrected chi connectivity index (χ2v) is 3.80. The summed E-state index contributed by atoms with van der Waals surface area (Å²) in [6.07, 6.45) is 1.89. The minimum absolute atomic E-state index is 0.349. The molecule has 1 heterocycles. The quantitative estimate of drug-likeness (QED) is 0.765. The largest absolute Gasteiger partial charge is 0.481 e. The van der Waals surface area contributed by atoms with E-state index in [4.69, 9.17) is 4.74 Å². The first-order valence-corrected chi connectivity index (χ1v) is 5.69. The highest BCUT2D eigenvalue weighted by Gasteiger charge is 2.15. The number of hydrogen-bond donors (Lipinski definition) is 0. The van der Waals surface area contributed by atoms with Crippen molar-refractivity contribution in [3.05, 3.63) is 11.8 Å². The third-order valence-corrected chi connectivity index (χ3v) is 2.08. The molecule has 0 aliphatic rings. The lowest BCUT2D eigenvalue weighted by Crippen LogP contribution is -2.05. The van der Waals surface area contributed by atoms with Gasteiger partial charge in [0, 0.05) is 5.56 Å². The number of rotatable bonds is 3. The molecule has 0 N–H and O–H groups in total. The van der Waals surface area contributed by atoms with Gasteiger partial charge in [0.05, 0.1) is 19.3 Å². The molecule has 0 aliphatic heterocycles. The van der Waals surface area contributed by atoms with Gasteiger partial charge in [0.1, 0.15) is 0 Å². The molecule has 0 atom stereocenters. The highest BCUT2D eigenvalue weighted by Crippen LogP contribution is 2.27. The maximum atomic E-state index is 5.34. The summed E-state index contributed by atoms with van der Waals surface area (Å²) >= 11 is 0. The molecule has 15 heavy (non-hydrogen) atoms. The number of nitrogens with zero attached hydrogens (tertiary/aromatic N) is 2. The monoisotopic (exact) mass is 212 g/mol. The van der Waals surface area contributed by atoms with E-state index in [1.807, 2.05) is 24.7 Å². The first-order chi connectivity index (χ1) is 7.07. The van der Waals surface area contributed by atoms with Crippen molar-refractivity contribution in [3.63, 3.8) is 0 Å². The highest BCUT2D eigenvalue weighted by molar-refractivity contribution is 5.27. The molecule has 0 radical (unpaired) electrons. The Labute approximate surface area is 93.4 Å². The third kappa shape index (κ3) is 3.26. The molecule has 88 valence electrons. The van der Waals surface area contributed by atoms with Crippen LogP contribution in [0.15, 0.2) is 6.20 Å². The van der Waals surface area contributed by atoms with Gasteiger partial charge in [-0.3, -0.25) is 0 Å². The fraction of sp³-hybridized carbons (Fsp3) is 0.750. The van der Waals surface area contributed by atoms with E-state index in [1.54, 1.807) is 7.11 Å². The SMILES string of the molecule is CC.COc1c(C(C)C)cnn1C(C)C. The van der Waals surface area contributed by atoms with Crippen LogP contribution in [-0.2, 0) is 0 Å². The van der Waals surface area contributed by atoms with Crippen molar-refractivity contribution in [2.75, 3.05) is 7.11 Å². The molecule has 0 amide bonds. The topological polar surface area (TPSA) is 27.1 Å². The van der Waals surface area contributed by atoms with Gasteiger partial charge in [0.25, 0.3) is 0 Å². The first kappa shape index (κ1) is 14.0. The maximum Gasteiger partial charge on any atom is 0.215 e. The van der Waals surface area contributed by atoms with Crippen molar-refractivity contribution < 1.29 is 4.74 Å². The van der Waals surface area contributed by atoms with Crippen LogP contribution in [0.1, 0.15) is 59.1 Å². The summed E-state index contributed by atoms with van der Waals surface area (Å²) < 4.78 is 7.25. The summed E-state index contributed by atoms with van der Waals surface area (Å²) in [5.41, 5.74) is 1.18. The van der Waals surface area contributed by atoms with E-state index in [0.29, 0.717) is 12.0 Å². The number of aromatic nitrogens is 2. The zero-order valence-corrected chi connectivity index (χ0v) is 11.0. The van der Waals surface area contributed by atoms with Gasteiger partial charge in [0.15, 0.2) is 0 Å². The molecule has 1 aromatic heterocycles. The van der Waals surface area contributed by atoms with E-state index in [0.717, 1.165) is 5.88 Å². The van der Waals surface area contributed by atoms with E-state index in [2.05, 4.69) is 32.8 Å². The van der Waals surface area contributed by atoms with Crippen LogP contribution in [-0.4, -0.2) is 16.9 Å². The average Bonchev–Trinajstić information content (AvgIpc) is 2.64. The maximum absolute atomic E-state index is 5.34. The summed E-state index contributed by atoms with van der Waals surface area (Å²) in [5, 5.41) is 4.30. The van der Waals surface area contributed by atoms with Gasteiger partial charge < -0.3 is 4.74 Å². The van der Waals surface area contributed by atoms with Crippen molar-refractivity contribution in [3.8, 4) is 5.88 Å². The lowest BCUT2D eigenvalue weighted by atomic mass is 10.1. The molecule has 0 aliphatic carbocycles. The Morgan fingerprint density at radius 1 is 1.20 bits per heavy atom. The minimum Gasteiger partial charge on any atom is -0.481 e. The minimum atomic E-state index is 0.349. The Hall–Kier alpha value is -0.990. The fourth-order valence-electron chi connectivity index (χ4n) is 1.34. The molecule has 0 saturated heterocycles. The molecule has 0 aromatic carbocycles. The molecular weight excluding hydrogens is 188 g/mol. The Balaban J connectivity index is 0.000000921. The zero-order chi connectivity index (χ0) is 12.0. The van der Waals surface area contributed by atoms with Crippen LogP contribution in [0.2, 0.25) is 0 Å². The second kappa shape index (κ2) is 6.49. The molecule has 0 unspecified atom stereocenters. The van der Waals surface area contributed by atoms with Crippen molar-refractivity contribution in [2.24, 2.45) is 0 Å². The molecule has 0 fully saturated rings. The number of methoxy groups -OCH3 is 1. The van der Waals surface area contributed by atoms with Crippen LogP contribution >= 0.6 is 0 Å².